The molecule has 10 heteroatoms. The molecule has 10 nitrogen and oxygen atoms in total. The number of nitrogens with one attached hydrogen (secondary N) is 1. The van der Waals surface area contributed by atoms with Gasteiger partial charge in [0.25, 0.3) is 11.5 Å². The highest BCUT2D eigenvalue weighted by Gasteiger charge is 2.21. The number of benzene rings is 2. The van der Waals surface area contributed by atoms with Crippen molar-refractivity contribution in [2.75, 3.05) is 46.5 Å². The van der Waals surface area contributed by atoms with E-state index in [9.17, 15) is 14.4 Å². The van der Waals surface area contributed by atoms with Gasteiger partial charge in [0.1, 0.15) is 5.75 Å². The van der Waals surface area contributed by atoms with E-state index in [2.05, 4.69) is 15.3 Å². The van der Waals surface area contributed by atoms with Crippen molar-refractivity contribution < 1.29 is 14.3 Å². The van der Waals surface area contributed by atoms with E-state index in [1.807, 2.05) is 31.2 Å². The van der Waals surface area contributed by atoms with E-state index in [1.54, 1.807) is 31.4 Å². The van der Waals surface area contributed by atoms with Crippen molar-refractivity contribution in [1.82, 2.24) is 24.6 Å². The summed E-state index contributed by atoms with van der Waals surface area (Å²) in [5.74, 6) is -0.0137. The molecule has 4 rings (SSSR count). The van der Waals surface area contributed by atoms with Crippen molar-refractivity contribution in [3.63, 3.8) is 0 Å². The Hall–Kier alpha value is -3.76. The maximum absolute atomic E-state index is 13.3. The van der Waals surface area contributed by atoms with Crippen LogP contribution in [0, 0.1) is 6.92 Å². The maximum Gasteiger partial charge on any atom is 0.352 e. The number of hydrogen-bond donors (Lipinski definition) is 1. The summed E-state index contributed by atoms with van der Waals surface area (Å²) in [5.41, 5.74) is 0.453. The molecule has 2 aromatic carbocycles. The zero-order chi connectivity index (χ0) is 24.8. The molecule has 0 saturated carbocycles. The smallest absolute Gasteiger partial charge is 0.352 e. The Balaban J connectivity index is 1.68. The average Bonchev–Trinajstić information content (AvgIpc) is 2.88. The average molecular weight is 480 g/mol. The van der Waals surface area contributed by atoms with Crippen LogP contribution in [0.2, 0.25) is 0 Å². The third-order valence-corrected chi connectivity index (χ3v) is 6.00. The van der Waals surface area contributed by atoms with Crippen LogP contribution in [0.25, 0.3) is 5.69 Å². The second kappa shape index (κ2) is 11.1. The monoisotopic (exact) mass is 479 g/mol. The number of rotatable bonds is 8. The number of nitrogens with zero attached hydrogens (tertiary/aromatic N) is 4. The summed E-state index contributed by atoms with van der Waals surface area (Å²) in [7, 11) is 1.54. The van der Waals surface area contributed by atoms with Crippen LogP contribution in [0.3, 0.4) is 0 Å². The highest BCUT2D eigenvalue weighted by Crippen LogP contribution is 2.13. The molecule has 0 radical (unpaired) electrons. The normalized spacial score (nSPS) is 14.0. The van der Waals surface area contributed by atoms with Gasteiger partial charge < -0.3 is 14.8 Å². The Morgan fingerprint density at radius 2 is 1.80 bits per heavy atom. The molecular formula is C25H29N5O5. The Morgan fingerprint density at radius 1 is 1.09 bits per heavy atom. The van der Waals surface area contributed by atoms with Crippen LogP contribution in [-0.2, 0) is 11.3 Å². The van der Waals surface area contributed by atoms with Crippen molar-refractivity contribution in [2.24, 2.45) is 0 Å². The lowest BCUT2D eigenvalue weighted by Gasteiger charge is -2.26. The highest BCUT2D eigenvalue weighted by atomic mass is 16.5. The largest absolute Gasteiger partial charge is 0.497 e. The van der Waals surface area contributed by atoms with Gasteiger partial charge in [-0.2, -0.15) is 9.78 Å². The Morgan fingerprint density at radius 3 is 2.49 bits per heavy atom. The zero-order valence-corrected chi connectivity index (χ0v) is 19.9. The van der Waals surface area contributed by atoms with Gasteiger partial charge in [-0.25, -0.2) is 4.79 Å². The van der Waals surface area contributed by atoms with Crippen LogP contribution >= 0.6 is 0 Å². The first-order valence-corrected chi connectivity index (χ1v) is 11.5. The van der Waals surface area contributed by atoms with Crippen LogP contribution in [0.1, 0.15) is 21.6 Å². The van der Waals surface area contributed by atoms with Gasteiger partial charge in [-0.05, 0) is 42.3 Å². The first-order chi connectivity index (χ1) is 17.0. The van der Waals surface area contributed by atoms with Gasteiger partial charge >= 0.3 is 5.69 Å². The van der Waals surface area contributed by atoms with Crippen LogP contribution in [0.5, 0.6) is 5.75 Å². The minimum Gasteiger partial charge on any atom is -0.497 e. The molecule has 35 heavy (non-hydrogen) atoms. The van der Waals surface area contributed by atoms with Crippen molar-refractivity contribution in [1.29, 1.82) is 0 Å². The van der Waals surface area contributed by atoms with Crippen molar-refractivity contribution in [3.8, 4) is 11.4 Å². The standard InChI is InChI=1S/C25H29N5O5/c1-18-5-3-4-6-19(18)17-29-24(32)22(23(31)26-11-12-28-13-15-35-16-14-28)27-30(25(29)33)20-7-9-21(34-2)10-8-20/h3-10H,11-17H2,1-2H3,(H,26,31). The quantitative estimate of drug-likeness (QED) is 0.510. The fourth-order valence-corrected chi connectivity index (χ4v) is 3.88. The number of aromatic nitrogens is 3. The first kappa shape index (κ1) is 24.4. The lowest BCUT2D eigenvalue weighted by atomic mass is 10.1. The molecule has 0 spiro atoms. The topological polar surface area (TPSA) is 108 Å². The SMILES string of the molecule is COc1ccc(-n2nc(C(=O)NCCN3CCOCC3)c(=O)n(Cc3ccccc3C)c2=O)cc1. The molecule has 1 amide bonds. The summed E-state index contributed by atoms with van der Waals surface area (Å²) in [6.07, 6.45) is 0. The third-order valence-electron chi connectivity index (χ3n) is 6.00. The fourth-order valence-electron chi connectivity index (χ4n) is 3.88. The van der Waals surface area contributed by atoms with E-state index in [-0.39, 0.29) is 12.2 Å². The van der Waals surface area contributed by atoms with Gasteiger partial charge in [-0.3, -0.25) is 19.1 Å². The summed E-state index contributed by atoms with van der Waals surface area (Å²) < 4.78 is 12.7. The number of methoxy groups -OCH3 is 1. The van der Waals surface area contributed by atoms with E-state index in [4.69, 9.17) is 9.47 Å². The molecule has 1 aromatic heterocycles. The zero-order valence-electron chi connectivity index (χ0n) is 19.9. The molecule has 3 aromatic rings. The predicted octanol–water partition coefficient (Wildman–Crippen LogP) is 0.822. The van der Waals surface area contributed by atoms with Gasteiger partial charge in [-0.1, -0.05) is 24.3 Å². The van der Waals surface area contributed by atoms with Gasteiger partial charge in [0.2, 0.25) is 5.69 Å². The Kier molecular flexibility index (Phi) is 7.74. The Bertz CT molecular complexity index is 1290. The molecule has 1 aliphatic heterocycles. The molecule has 1 aliphatic rings. The lowest BCUT2D eigenvalue weighted by Crippen LogP contribution is -2.47. The fraction of sp³-hybridized carbons (Fsp3) is 0.360. The molecule has 0 bridgehead atoms. The van der Waals surface area contributed by atoms with Gasteiger partial charge in [0.05, 0.1) is 32.6 Å². The highest BCUT2D eigenvalue weighted by molar-refractivity contribution is 5.91. The van der Waals surface area contributed by atoms with E-state index >= 15 is 0 Å². The second-order valence-electron chi connectivity index (χ2n) is 8.27. The van der Waals surface area contributed by atoms with Gasteiger partial charge in [0, 0.05) is 26.2 Å². The summed E-state index contributed by atoms with van der Waals surface area (Å²) in [4.78, 5) is 41.8. The summed E-state index contributed by atoms with van der Waals surface area (Å²) in [6.45, 7) is 5.81. The summed E-state index contributed by atoms with van der Waals surface area (Å²) in [5, 5.41) is 6.95. The van der Waals surface area contributed by atoms with E-state index in [0.29, 0.717) is 37.7 Å². The summed E-state index contributed by atoms with van der Waals surface area (Å²) >= 11 is 0. The Labute approximate surface area is 202 Å². The molecule has 1 fully saturated rings. The minimum absolute atomic E-state index is 0.0249. The maximum atomic E-state index is 13.3. The van der Waals surface area contributed by atoms with E-state index in [0.717, 1.165) is 33.5 Å². The van der Waals surface area contributed by atoms with E-state index < -0.39 is 17.2 Å². The molecule has 0 aliphatic carbocycles. The van der Waals surface area contributed by atoms with Crippen LogP contribution < -0.4 is 21.3 Å². The summed E-state index contributed by atoms with van der Waals surface area (Å²) in [6, 6.07) is 14.1. The molecule has 184 valence electrons. The molecule has 1 N–H and O–H groups in total. The van der Waals surface area contributed by atoms with Crippen LogP contribution in [-0.4, -0.2) is 71.7 Å². The van der Waals surface area contributed by atoms with Crippen LogP contribution in [0.15, 0.2) is 58.1 Å². The number of amides is 1. The number of carbonyl (C=O) groups is 1. The third kappa shape index (κ3) is 5.67. The van der Waals surface area contributed by atoms with Crippen molar-refractivity contribution in [3.05, 3.63) is 86.2 Å². The van der Waals surface area contributed by atoms with Gasteiger partial charge in [-0.15, -0.1) is 0 Å². The lowest BCUT2D eigenvalue weighted by molar-refractivity contribution is 0.0383. The number of hydrogen-bond acceptors (Lipinski definition) is 7. The number of carbonyl (C=O) groups excluding carboxylic acids is 1. The minimum atomic E-state index is -0.730. The molecular weight excluding hydrogens is 450 g/mol. The van der Waals surface area contributed by atoms with Crippen LogP contribution in [0.4, 0.5) is 0 Å². The predicted molar refractivity (Wildman–Crippen MR) is 131 cm³/mol. The number of aryl methyl sites for hydroxylation is 1. The van der Waals surface area contributed by atoms with Gasteiger partial charge in [0.15, 0.2) is 0 Å². The second-order valence-corrected chi connectivity index (χ2v) is 8.27. The van der Waals surface area contributed by atoms with Crippen molar-refractivity contribution in [2.45, 2.75) is 13.5 Å². The number of ether oxygens (including phenoxy) is 2. The first-order valence-electron chi connectivity index (χ1n) is 11.5. The molecule has 0 unspecified atom stereocenters. The molecule has 2 heterocycles. The van der Waals surface area contributed by atoms with Crippen molar-refractivity contribution >= 4 is 5.91 Å². The molecule has 0 atom stereocenters. The number of morpholine rings is 1. The van der Waals surface area contributed by atoms with E-state index in [1.165, 1.54) is 0 Å². The molecule has 1 saturated heterocycles.